The van der Waals surface area contributed by atoms with Gasteiger partial charge in [0.1, 0.15) is 0 Å². The summed E-state index contributed by atoms with van der Waals surface area (Å²) in [6, 6.07) is 0.278. The van der Waals surface area contributed by atoms with Crippen LogP contribution < -0.4 is 0 Å². The summed E-state index contributed by atoms with van der Waals surface area (Å²) in [7, 11) is 0. The summed E-state index contributed by atoms with van der Waals surface area (Å²) in [5.74, 6) is 0. The van der Waals surface area contributed by atoms with Crippen molar-refractivity contribution in [1.29, 1.82) is 0 Å². The van der Waals surface area contributed by atoms with Gasteiger partial charge in [-0.25, -0.2) is 0 Å². The third-order valence-corrected chi connectivity index (χ3v) is 5.70. The van der Waals surface area contributed by atoms with Gasteiger partial charge in [-0.15, -0.1) is 44.4 Å². The first-order valence-electron chi connectivity index (χ1n) is 12.6. The van der Waals surface area contributed by atoms with Gasteiger partial charge in [-0.3, -0.25) is 0 Å². The number of nitrogens with zero attached hydrogens (tertiary/aromatic N) is 6. The van der Waals surface area contributed by atoms with Crippen molar-refractivity contribution in [1.82, 2.24) is 0 Å². The van der Waals surface area contributed by atoms with Crippen LogP contribution in [0.5, 0.6) is 0 Å². The molecule has 0 aliphatic carbocycles. The fraction of sp³-hybridized carbons (Fsp3) is 0.226. The Morgan fingerprint density at radius 3 is 1.53 bits per heavy atom. The topological polar surface area (TPSA) is 84.6 Å². The fourth-order valence-electron chi connectivity index (χ4n) is 3.79. The standard InChI is InChI=1S/C11H12N2.2C10H10N2.Ru/c1-9-5-7-13-11(8-9)10-4-2-3-6-12-10;2*1-3-7-11-9(5-1)10-6-2-4-8-12-10;/h2-5,8H,6-7H2,1H3;2*1-7,9H,8H2;/q3*-2;+6. The van der Waals surface area contributed by atoms with Crippen molar-refractivity contribution < 1.29 is 19.5 Å². The molecule has 0 radical (unpaired) electrons. The molecule has 194 valence electrons. The molecule has 6 aliphatic heterocycles. The second kappa shape index (κ2) is 16.2. The van der Waals surface area contributed by atoms with Crippen molar-refractivity contribution in [3.05, 3.63) is 176 Å². The monoisotopic (exact) mass is 590 g/mol. The summed E-state index contributed by atoms with van der Waals surface area (Å²) < 4.78 is 0. The fourth-order valence-corrected chi connectivity index (χ4v) is 3.79. The largest absolute Gasteiger partial charge is 6.00 e. The molecule has 0 N–H and O–H groups in total. The minimum Gasteiger partial charge on any atom is -0.685 e. The first-order chi connectivity index (χ1) is 18.3. The zero-order valence-electron chi connectivity index (χ0n) is 21.5. The Hall–Kier alpha value is -3.70. The first-order valence-corrected chi connectivity index (χ1v) is 12.6. The maximum Gasteiger partial charge on any atom is 6.00 e. The Bertz CT molecular complexity index is 1100. The van der Waals surface area contributed by atoms with Crippen LogP contribution in [0, 0.1) is 0 Å². The summed E-state index contributed by atoms with van der Waals surface area (Å²) in [5, 5.41) is 26.0. The smallest absolute Gasteiger partial charge is 0.685 e. The van der Waals surface area contributed by atoms with Crippen LogP contribution in [0.4, 0.5) is 0 Å². The first kappa shape index (κ1) is 28.9. The third-order valence-electron chi connectivity index (χ3n) is 5.70. The van der Waals surface area contributed by atoms with Crippen molar-refractivity contribution >= 4 is 0 Å². The van der Waals surface area contributed by atoms with E-state index >= 15 is 0 Å². The molecule has 38 heavy (non-hydrogen) atoms. The average molecular weight is 590 g/mol. The zero-order chi connectivity index (χ0) is 25.5. The molecule has 6 nitrogen and oxygen atoms in total. The quantitative estimate of drug-likeness (QED) is 0.297. The molecule has 7 heteroatoms. The molecule has 0 aromatic carbocycles. The summed E-state index contributed by atoms with van der Waals surface area (Å²) in [6.45, 7) is 5.23. The summed E-state index contributed by atoms with van der Waals surface area (Å²) in [4.78, 5) is 0. The molecular formula is C31H32N6Ru. The predicted octanol–water partition coefficient (Wildman–Crippen LogP) is 8.31. The molecule has 0 aromatic heterocycles. The minimum absolute atomic E-state index is 0. The maximum absolute atomic E-state index is 4.39. The second-order valence-electron chi connectivity index (χ2n) is 8.50. The van der Waals surface area contributed by atoms with E-state index < -0.39 is 0 Å². The molecule has 0 bridgehead atoms. The number of allylic oxidation sites excluding steroid dienone is 12. The summed E-state index contributed by atoms with van der Waals surface area (Å²) in [6.07, 6.45) is 38.0. The SMILES string of the molecule is C1=CC[N-]C(C2C=CC=C[N-]2)=C1.C1=CC[N-]C(C2C=CC=C[N-]2)=C1.CC1=CC[N-]C(C2=CC=CC[N-]2)=C1.[Ru+6]. The van der Waals surface area contributed by atoms with Crippen LogP contribution in [-0.4, -0.2) is 38.3 Å². The van der Waals surface area contributed by atoms with Crippen LogP contribution in [0.3, 0.4) is 0 Å². The van der Waals surface area contributed by atoms with Gasteiger partial charge in [-0.2, -0.15) is 35.2 Å². The molecule has 6 aliphatic rings. The van der Waals surface area contributed by atoms with Gasteiger partial charge in [0, 0.05) is 0 Å². The molecule has 2 atom stereocenters. The Morgan fingerprint density at radius 2 is 1.11 bits per heavy atom. The normalized spacial score (nSPS) is 23.6. The van der Waals surface area contributed by atoms with Crippen LogP contribution in [0.2, 0.25) is 0 Å². The van der Waals surface area contributed by atoms with E-state index in [1.165, 1.54) is 5.57 Å². The zero-order valence-corrected chi connectivity index (χ0v) is 23.2. The van der Waals surface area contributed by atoms with Crippen LogP contribution in [-0.2, 0) is 19.5 Å². The van der Waals surface area contributed by atoms with Crippen LogP contribution >= 0.6 is 0 Å². The van der Waals surface area contributed by atoms with E-state index in [2.05, 4.69) is 63.1 Å². The Morgan fingerprint density at radius 1 is 0.579 bits per heavy atom. The Balaban J connectivity index is 0.000000156. The van der Waals surface area contributed by atoms with Crippen LogP contribution in [0.1, 0.15) is 6.92 Å². The minimum atomic E-state index is 0. The van der Waals surface area contributed by atoms with Crippen molar-refractivity contribution in [3.8, 4) is 0 Å². The molecule has 0 saturated carbocycles. The van der Waals surface area contributed by atoms with Gasteiger partial charge in [-0.05, 0) is 6.92 Å². The molecule has 0 fully saturated rings. The second-order valence-corrected chi connectivity index (χ2v) is 8.50. The van der Waals surface area contributed by atoms with Gasteiger partial charge < -0.3 is 31.9 Å². The van der Waals surface area contributed by atoms with Gasteiger partial charge in [0.05, 0.1) is 0 Å². The van der Waals surface area contributed by atoms with E-state index in [9.17, 15) is 0 Å². The van der Waals surface area contributed by atoms with Gasteiger partial charge in [0.2, 0.25) is 0 Å². The maximum atomic E-state index is 4.39. The molecule has 6 rings (SSSR count). The molecule has 0 spiro atoms. The Labute approximate surface area is 240 Å². The number of hydrogen-bond acceptors (Lipinski definition) is 0. The molecule has 2 unspecified atom stereocenters. The van der Waals surface area contributed by atoms with E-state index in [4.69, 9.17) is 0 Å². The summed E-state index contributed by atoms with van der Waals surface area (Å²) in [5.41, 5.74) is 5.41. The Kier molecular flexibility index (Phi) is 12.3. The van der Waals surface area contributed by atoms with Crippen molar-refractivity contribution in [3.63, 3.8) is 0 Å². The van der Waals surface area contributed by atoms with Gasteiger partial charge >= 0.3 is 19.5 Å². The molecule has 0 saturated heterocycles. The van der Waals surface area contributed by atoms with E-state index in [0.29, 0.717) is 0 Å². The molecule has 0 amide bonds. The predicted molar refractivity (Wildman–Crippen MR) is 157 cm³/mol. The van der Waals surface area contributed by atoms with E-state index in [-0.39, 0.29) is 31.6 Å². The molecule has 0 aromatic rings. The van der Waals surface area contributed by atoms with Crippen LogP contribution in [0.25, 0.3) is 31.9 Å². The third kappa shape index (κ3) is 9.31. The number of rotatable bonds is 3. The molecular weight excluding hydrogens is 557 g/mol. The van der Waals surface area contributed by atoms with E-state index in [1.807, 2.05) is 91.4 Å². The average Bonchev–Trinajstić information content (AvgIpc) is 3.00. The summed E-state index contributed by atoms with van der Waals surface area (Å²) >= 11 is 0. The number of hydrogen-bond donors (Lipinski definition) is 0. The van der Waals surface area contributed by atoms with Gasteiger partial charge in [-0.1, -0.05) is 103 Å². The van der Waals surface area contributed by atoms with Crippen molar-refractivity contribution in [2.75, 3.05) is 26.2 Å². The van der Waals surface area contributed by atoms with E-state index in [1.54, 1.807) is 0 Å². The van der Waals surface area contributed by atoms with Gasteiger partial charge in [0.25, 0.3) is 0 Å². The van der Waals surface area contributed by atoms with Crippen LogP contribution in [0.15, 0.2) is 144 Å². The van der Waals surface area contributed by atoms with Crippen molar-refractivity contribution in [2.45, 2.75) is 19.0 Å². The van der Waals surface area contributed by atoms with Gasteiger partial charge in [0.15, 0.2) is 0 Å². The van der Waals surface area contributed by atoms with Crippen molar-refractivity contribution in [2.24, 2.45) is 0 Å². The molecule has 6 heterocycles. The van der Waals surface area contributed by atoms with E-state index in [0.717, 1.165) is 49.0 Å².